The molecule has 1 aliphatic heterocycles. The zero-order chi connectivity index (χ0) is 17.3. The van der Waals surface area contributed by atoms with Gasteiger partial charge in [-0.3, -0.25) is 9.69 Å². The minimum atomic E-state index is -4.19. The Labute approximate surface area is 138 Å². The van der Waals surface area contributed by atoms with Crippen molar-refractivity contribution in [2.75, 3.05) is 19.6 Å². The second kappa shape index (κ2) is 6.63. The molecule has 1 amide bonds. The van der Waals surface area contributed by atoms with E-state index in [1.165, 1.54) is 4.90 Å². The van der Waals surface area contributed by atoms with E-state index in [-0.39, 0.29) is 23.6 Å². The zero-order valence-electron chi connectivity index (χ0n) is 13.3. The van der Waals surface area contributed by atoms with Crippen molar-refractivity contribution in [2.24, 2.45) is 5.92 Å². The highest BCUT2D eigenvalue weighted by Crippen LogP contribution is 2.36. The highest BCUT2D eigenvalue weighted by Gasteiger charge is 2.35. The lowest BCUT2D eigenvalue weighted by Crippen LogP contribution is -2.44. The van der Waals surface area contributed by atoms with E-state index in [2.05, 4.69) is 5.32 Å². The molecule has 4 nitrogen and oxygen atoms in total. The first-order valence-electron chi connectivity index (χ1n) is 8.24. The Bertz CT molecular complexity index is 610. The van der Waals surface area contributed by atoms with Crippen LogP contribution in [0.15, 0.2) is 18.2 Å². The number of carbonyl (C=O) groups excluding carboxylic acids is 1. The third-order valence-corrected chi connectivity index (χ3v) is 4.92. The van der Waals surface area contributed by atoms with Crippen LogP contribution in [0.3, 0.4) is 0 Å². The van der Waals surface area contributed by atoms with Crippen LogP contribution in [0.25, 0.3) is 0 Å². The van der Waals surface area contributed by atoms with Crippen molar-refractivity contribution in [2.45, 2.75) is 37.9 Å². The van der Waals surface area contributed by atoms with E-state index in [1.807, 2.05) is 6.07 Å². The molecule has 0 aromatic heterocycles. The van der Waals surface area contributed by atoms with Crippen molar-refractivity contribution in [3.8, 4) is 5.75 Å². The number of phenols is 1. The largest absolute Gasteiger partial charge is 0.508 e. The summed E-state index contributed by atoms with van der Waals surface area (Å²) in [4.78, 5) is 13.8. The third-order valence-electron chi connectivity index (χ3n) is 4.92. The molecule has 1 aromatic carbocycles. The monoisotopic (exact) mass is 342 g/mol. The van der Waals surface area contributed by atoms with Crippen LogP contribution in [0.1, 0.15) is 36.4 Å². The molecule has 2 aliphatic rings. The first kappa shape index (κ1) is 17.1. The number of hydrogen-bond acceptors (Lipinski definition) is 3. The third kappa shape index (κ3) is 3.83. The van der Waals surface area contributed by atoms with Gasteiger partial charge in [-0.1, -0.05) is 12.1 Å². The number of phenolic OH excluding ortho intramolecular Hbond substituents is 1. The molecule has 1 fully saturated rings. The van der Waals surface area contributed by atoms with Crippen LogP contribution in [-0.2, 0) is 11.2 Å². The van der Waals surface area contributed by atoms with Gasteiger partial charge in [-0.2, -0.15) is 13.2 Å². The molecule has 0 bridgehead atoms. The lowest BCUT2D eigenvalue weighted by molar-refractivity contribution is -0.149. The van der Waals surface area contributed by atoms with Gasteiger partial charge in [0.25, 0.3) is 0 Å². The molecule has 7 heteroatoms. The van der Waals surface area contributed by atoms with Crippen molar-refractivity contribution in [1.29, 1.82) is 0 Å². The quantitative estimate of drug-likeness (QED) is 0.888. The summed E-state index contributed by atoms with van der Waals surface area (Å²) >= 11 is 0. The number of nitrogens with one attached hydrogen (secondary N) is 1. The SMILES string of the molecule is O=C(NC1CCc2c(O)cccc21)C1CCN(CC(F)(F)F)CC1. The molecule has 0 spiro atoms. The van der Waals surface area contributed by atoms with E-state index in [0.717, 1.165) is 24.0 Å². The number of piperidine rings is 1. The van der Waals surface area contributed by atoms with Crippen molar-refractivity contribution in [3.05, 3.63) is 29.3 Å². The van der Waals surface area contributed by atoms with Crippen LogP contribution in [-0.4, -0.2) is 41.7 Å². The number of halogens is 3. The molecule has 1 aliphatic carbocycles. The second-order valence-electron chi connectivity index (χ2n) is 6.61. The summed E-state index contributed by atoms with van der Waals surface area (Å²) in [6.07, 6.45) is -1.84. The Balaban J connectivity index is 1.54. The fourth-order valence-corrected chi connectivity index (χ4v) is 3.68. The van der Waals surface area contributed by atoms with Crippen LogP contribution in [0.4, 0.5) is 13.2 Å². The van der Waals surface area contributed by atoms with Crippen molar-refractivity contribution in [1.82, 2.24) is 10.2 Å². The van der Waals surface area contributed by atoms with Gasteiger partial charge in [0.15, 0.2) is 0 Å². The van der Waals surface area contributed by atoms with Gasteiger partial charge < -0.3 is 10.4 Å². The summed E-state index contributed by atoms with van der Waals surface area (Å²) < 4.78 is 37.2. The van der Waals surface area contributed by atoms with E-state index in [9.17, 15) is 23.1 Å². The summed E-state index contributed by atoms with van der Waals surface area (Å²) in [7, 11) is 0. The van der Waals surface area contributed by atoms with Gasteiger partial charge in [-0.05, 0) is 56.0 Å². The summed E-state index contributed by atoms with van der Waals surface area (Å²) in [6.45, 7) is -0.324. The number of benzene rings is 1. The Morgan fingerprint density at radius 2 is 1.96 bits per heavy atom. The molecular formula is C17H21F3N2O2. The molecule has 1 aromatic rings. The highest BCUT2D eigenvalue weighted by atomic mass is 19.4. The lowest BCUT2D eigenvalue weighted by atomic mass is 9.95. The lowest BCUT2D eigenvalue weighted by Gasteiger charge is -2.32. The Kier molecular flexibility index (Phi) is 4.71. The molecule has 3 rings (SSSR count). The van der Waals surface area contributed by atoms with Gasteiger partial charge >= 0.3 is 6.18 Å². The molecule has 0 saturated carbocycles. The van der Waals surface area contributed by atoms with E-state index < -0.39 is 12.7 Å². The number of hydrogen-bond donors (Lipinski definition) is 2. The minimum absolute atomic E-state index is 0.0946. The average Bonchev–Trinajstić information content (AvgIpc) is 2.91. The number of rotatable bonds is 3. The number of aromatic hydroxyl groups is 1. The van der Waals surface area contributed by atoms with E-state index in [0.29, 0.717) is 25.9 Å². The van der Waals surface area contributed by atoms with Crippen LogP contribution >= 0.6 is 0 Å². The average molecular weight is 342 g/mol. The fraction of sp³-hybridized carbons (Fsp3) is 0.588. The number of fused-ring (bicyclic) bond motifs is 1. The van der Waals surface area contributed by atoms with Gasteiger partial charge in [0.2, 0.25) is 5.91 Å². The first-order valence-corrected chi connectivity index (χ1v) is 8.24. The van der Waals surface area contributed by atoms with Crippen molar-refractivity contribution < 1.29 is 23.1 Å². The summed E-state index contributed by atoms with van der Waals surface area (Å²) in [6, 6.07) is 5.18. The van der Waals surface area contributed by atoms with Gasteiger partial charge in [-0.15, -0.1) is 0 Å². The fourth-order valence-electron chi connectivity index (χ4n) is 3.68. The summed E-state index contributed by atoms with van der Waals surface area (Å²) in [5.41, 5.74) is 1.82. The molecule has 1 saturated heterocycles. The molecule has 1 heterocycles. The number of nitrogens with zero attached hydrogens (tertiary/aromatic N) is 1. The number of alkyl halides is 3. The van der Waals surface area contributed by atoms with Crippen LogP contribution in [0.5, 0.6) is 5.75 Å². The topological polar surface area (TPSA) is 52.6 Å². The number of carbonyl (C=O) groups is 1. The van der Waals surface area contributed by atoms with E-state index >= 15 is 0 Å². The maximum absolute atomic E-state index is 12.4. The normalized spacial score (nSPS) is 22.4. The van der Waals surface area contributed by atoms with Crippen LogP contribution in [0.2, 0.25) is 0 Å². The van der Waals surface area contributed by atoms with Gasteiger partial charge in [0.05, 0.1) is 12.6 Å². The highest BCUT2D eigenvalue weighted by molar-refractivity contribution is 5.79. The summed E-state index contributed by atoms with van der Waals surface area (Å²) in [5, 5.41) is 12.8. The molecule has 132 valence electrons. The Morgan fingerprint density at radius 3 is 2.62 bits per heavy atom. The number of likely N-dealkylation sites (tertiary alicyclic amines) is 1. The maximum atomic E-state index is 12.4. The van der Waals surface area contributed by atoms with E-state index in [1.54, 1.807) is 12.1 Å². The van der Waals surface area contributed by atoms with Gasteiger partial charge in [0, 0.05) is 5.92 Å². The molecular weight excluding hydrogens is 321 g/mol. The predicted molar refractivity (Wildman–Crippen MR) is 82.5 cm³/mol. The predicted octanol–water partition coefficient (Wildman–Crippen LogP) is 2.77. The zero-order valence-corrected chi connectivity index (χ0v) is 13.3. The summed E-state index contributed by atoms with van der Waals surface area (Å²) in [5.74, 6) is -0.0802. The van der Waals surface area contributed by atoms with Gasteiger partial charge in [0.1, 0.15) is 5.75 Å². The molecule has 0 radical (unpaired) electrons. The Hall–Kier alpha value is -1.76. The van der Waals surface area contributed by atoms with Crippen molar-refractivity contribution >= 4 is 5.91 Å². The molecule has 1 unspecified atom stereocenters. The molecule has 1 atom stereocenters. The molecule has 24 heavy (non-hydrogen) atoms. The smallest absolute Gasteiger partial charge is 0.401 e. The van der Waals surface area contributed by atoms with Gasteiger partial charge in [-0.25, -0.2) is 0 Å². The van der Waals surface area contributed by atoms with Crippen molar-refractivity contribution in [3.63, 3.8) is 0 Å². The standard InChI is InChI=1S/C17H21F3N2O2/c18-17(19,20)10-22-8-6-11(7-9-22)16(24)21-14-5-4-13-12(14)2-1-3-15(13)23/h1-3,11,14,23H,4-10H2,(H,21,24). The molecule has 2 N–H and O–H groups in total. The van der Waals surface area contributed by atoms with Crippen LogP contribution in [0, 0.1) is 5.92 Å². The van der Waals surface area contributed by atoms with E-state index in [4.69, 9.17) is 0 Å². The minimum Gasteiger partial charge on any atom is -0.508 e. The first-order chi connectivity index (χ1) is 11.3. The maximum Gasteiger partial charge on any atom is 0.401 e. The Morgan fingerprint density at radius 1 is 1.25 bits per heavy atom. The van der Waals surface area contributed by atoms with Crippen LogP contribution < -0.4 is 5.32 Å². The number of amides is 1. The second-order valence-corrected chi connectivity index (χ2v) is 6.61.